The number of halogens is 2. The minimum Gasteiger partial charge on any atom is -0.445 e. The maximum Gasteiger partial charge on any atom is 0.410 e. The highest BCUT2D eigenvalue weighted by atomic mass is 35.5. The summed E-state index contributed by atoms with van der Waals surface area (Å²) >= 11 is 13.1. The number of amides is 2. The lowest BCUT2D eigenvalue weighted by atomic mass is 10.0. The number of ether oxygens (including phenoxy) is 1. The van der Waals surface area contributed by atoms with Gasteiger partial charge in [0.15, 0.2) is 0 Å². The number of aryl methyl sites for hydroxylation is 1. The second-order valence-corrected chi connectivity index (χ2v) is 9.13. The van der Waals surface area contributed by atoms with Gasteiger partial charge in [-0.15, -0.1) is 0 Å². The molecule has 30 heavy (non-hydrogen) atoms. The molecule has 0 radical (unpaired) electrons. The molecule has 1 aliphatic heterocycles. The van der Waals surface area contributed by atoms with Gasteiger partial charge in [-0.1, -0.05) is 34.5 Å². The maximum absolute atomic E-state index is 12.3. The average molecular weight is 472 g/mol. The van der Waals surface area contributed by atoms with Crippen molar-refractivity contribution in [2.75, 3.05) is 13.1 Å². The number of H-pyrrole nitrogens is 1. The van der Waals surface area contributed by atoms with Crippen molar-refractivity contribution in [1.82, 2.24) is 15.2 Å². The van der Waals surface area contributed by atoms with Crippen molar-refractivity contribution < 1.29 is 14.3 Å². The number of aromatic amines is 1. The van der Waals surface area contributed by atoms with Crippen molar-refractivity contribution in [2.45, 2.75) is 44.8 Å². The average Bonchev–Trinajstić information content (AvgIpc) is 3.11. The topological polar surface area (TPSA) is 91.5 Å². The zero-order chi connectivity index (χ0) is 21.5. The van der Waals surface area contributed by atoms with Crippen LogP contribution in [0.3, 0.4) is 0 Å². The Morgan fingerprint density at radius 1 is 1.20 bits per heavy atom. The van der Waals surface area contributed by atoms with Crippen LogP contribution in [-0.4, -0.2) is 41.0 Å². The number of carbonyl (C=O) groups excluding carboxylic acids is 2. The summed E-state index contributed by atoms with van der Waals surface area (Å²) in [6, 6.07) is 5.09. The molecule has 1 aromatic heterocycles. The number of rotatable bonds is 7. The van der Waals surface area contributed by atoms with Gasteiger partial charge in [0.2, 0.25) is 5.91 Å². The number of piperidine rings is 1. The Kier molecular flexibility index (Phi) is 8.18. The van der Waals surface area contributed by atoms with E-state index in [0.717, 1.165) is 10.4 Å². The summed E-state index contributed by atoms with van der Waals surface area (Å²) < 4.78 is 5.35. The number of hydrogen-bond acceptors (Lipinski definition) is 5. The van der Waals surface area contributed by atoms with Gasteiger partial charge in [0.1, 0.15) is 6.61 Å². The first-order chi connectivity index (χ1) is 14.4. The summed E-state index contributed by atoms with van der Waals surface area (Å²) in [4.78, 5) is 40.7. The Labute approximate surface area is 188 Å². The van der Waals surface area contributed by atoms with Crippen LogP contribution in [0.25, 0.3) is 0 Å². The highest BCUT2D eigenvalue weighted by Gasteiger charge is 2.24. The van der Waals surface area contributed by atoms with E-state index in [4.69, 9.17) is 27.9 Å². The fourth-order valence-electron chi connectivity index (χ4n) is 3.30. The third kappa shape index (κ3) is 7.04. The summed E-state index contributed by atoms with van der Waals surface area (Å²) in [7, 11) is 0. The van der Waals surface area contributed by atoms with E-state index in [-0.39, 0.29) is 29.5 Å². The molecule has 10 heteroatoms. The number of aromatic nitrogens is 1. The van der Waals surface area contributed by atoms with Gasteiger partial charge in [-0.05, 0) is 49.4 Å². The molecule has 2 aromatic rings. The fraction of sp³-hybridized carbons (Fsp3) is 0.450. The molecule has 0 unspecified atom stereocenters. The molecule has 0 saturated carbocycles. The van der Waals surface area contributed by atoms with Crippen molar-refractivity contribution in [3.8, 4) is 0 Å². The van der Waals surface area contributed by atoms with Gasteiger partial charge in [-0.25, -0.2) is 4.79 Å². The summed E-state index contributed by atoms with van der Waals surface area (Å²) in [5, 5.41) is 4.02. The van der Waals surface area contributed by atoms with Crippen molar-refractivity contribution in [3.05, 3.63) is 54.5 Å². The van der Waals surface area contributed by atoms with Crippen LogP contribution in [0.5, 0.6) is 0 Å². The number of likely N-dealkylation sites (tertiary alicyclic amines) is 1. The predicted octanol–water partition coefficient (Wildman–Crippen LogP) is 3.98. The van der Waals surface area contributed by atoms with Crippen LogP contribution in [-0.2, 0) is 22.6 Å². The maximum atomic E-state index is 12.3. The third-order valence-corrected chi connectivity index (χ3v) is 6.13. The van der Waals surface area contributed by atoms with Crippen LogP contribution < -0.4 is 10.2 Å². The van der Waals surface area contributed by atoms with Crippen LogP contribution in [0.1, 0.15) is 36.1 Å². The molecule has 2 N–H and O–H groups in total. The molecule has 0 bridgehead atoms. The third-order valence-electron chi connectivity index (χ3n) is 4.80. The molecule has 2 amide bonds. The Morgan fingerprint density at radius 2 is 1.90 bits per heavy atom. The van der Waals surface area contributed by atoms with Crippen LogP contribution in [0.4, 0.5) is 4.79 Å². The van der Waals surface area contributed by atoms with E-state index in [1.807, 2.05) is 0 Å². The summed E-state index contributed by atoms with van der Waals surface area (Å²) in [6.07, 6.45) is 4.49. The summed E-state index contributed by atoms with van der Waals surface area (Å²) in [5.41, 5.74) is 0.731. The smallest absolute Gasteiger partial charge is 0.410 e. The minimum atomic E-state index is -0.388. The Balaban J connectivity index is 1.34. The van der Waals surface area contributed by atoms with E-state index in [0.29, 0.717) is 55.2 Å². The number of carbonyl (C=O) groups is 2. The molecule has 1 saturated heterocycles. The minimum absolute atomic E-state index is 0.00301. The van der Waals surface area contributed by atoms with Crippen molar-refractivity contribution >= 4 is 46.5 Å². The zero-order valence-electron chi connectivity index (χ0n) is 16.3. The lowest BCUT2D eigenvalue weighted by Crippen LogP contribution is -2.46. The van der Waals surface area contributed by atoms with Gasteiger partial charge in [0.25, 0.3) is 0 Å². The first-order valence-electron chi connectivity index (χ1n) is 9.72. The van der Waals surface area contributed by atoms with Gasteiger partial charge in [-0.2, -0.15) is 0 Å². The zero-order valence-corrected chi connectivity index (χ0v) is 18.6. The quantitative estimate of drug-likeness (QED) is 0.638. The van der Waals surface area contributed by atoms with E-state index in [1.165, 1.54) is 11.3 Å². The predicted molar refractivity (Wildman–Crippen MR) is 117 cm³/mol. The molecule has 2 heterocycles. The molecule has 3 rings (SSSR count). The molecule has 1 aliphatic rings. The van der Waals surface area contributed by atoms with E-state index in [1.54, 1.807) is 29.3 Å². The van der Waals surface area contributed by atoms with Crippen LogP contribution in [0.15, 0.2) is 29.2 Å². The van der Waals surface area contributed by atoms with Crippen LogP contribution >= 0.6 is 34.5 Å². The van der Waals surface area contributed by atoms with E-state index < -0.39 is 0 Å². The lowest BCUT2D eigenvalue weighted by Gasteiger charge is -2.31. The highest BCUT2D eigenvalue weighted by Crippen LogP contribution is 2.20. The fourth-order valence-corrected chi connectivity index (χ4v) is 4.59. The molecule has 0 aliphatic carbocycles. The van der Waals surface area contributed by atoms with Crippen LogP contribution in [0, 0.1) is 0 Å². The number of hydrogen-bond donors (Lipinski definition) is 2. The first-order valence-corrected chi connectivity index (χ1v) is 11.3. The molecular weight excluding hydrogens is 449 g/mol. The first kappa shape index (κ1) is 22.7. The van der Waals surface area contributed by atoms with E-state index >= 15 is 0 Å². The van der Waals surface area contributed by atoms with Crippen molar-refractivity contribution in [3.63, 3.8) is 0 Å². The SMILES string of the molecule is O=C(CCCc1c[nH]c(=O)s1)NC1CCN(C(=O)OCc2cc(Cl)cc(Cl)c2)CC1. The molecule has 7 nitrogen and oxygen atoms in total. The van der Waals surface area contributed by atoms with Crippen molar-refractivity contribution in [2.24, 2.45) is 0 Å². The molecule has 0 spiro atoms. The normalized spacial score (nSPS) is 14.5. The Morgan fingerprint density at radius 3 is 2.53 bits per heavy atom. The number of nitrogens with zero attached hydrogens (tertiary/aromatic N) is 1. The molecular formula is C20H23Cl2N3O4S. The molecule has 1 fully saturated rings. The number of benzene rings is 1. The van der Waals surface area contributed by atoms with Crippen LogP contribution in [0.2, 0.25) is 10.0 Å². The second-order valence-electron chi connectivity index (χ2n) is 7.16. The molecule has 1 aromatic carbocycles. The van der Waals surface area contributed by atoms with E-state index in [2.05, 4.69) is 10.3 Å². The Hall–Kier alpha value is -2.03. The second kappa shape index (κ2) is 10.8. The molecule has 162 valence electrons. The Bertz CT molecular complexity index is 918. The van der Waals surface area contributed by atoms with Gasteiger partial charge >= 0.3 is 11.0 Å². The largest absolute Gasteiger partial charge is 0.445 e. The van der Waals surface area contributed by atoms with Gasteiger partial charge in [0, 0.05) is 46.7 Å². The monoisotopic (exact) mass is 471 g/mol. The standard InChI is InChI=1S/C20H23Cl2N3O4S/c21-14-8-13(9-15(22)10-14)12-29-20(28)25-6-4-16(5-7-25)24-18(26)3-1-2-17-11-23-19(27)30-17/h8-11,16H,1-7,12H2,(H,23,27)(H,24,26). The highest BCUT2D eigenvalue weighted by molar-refractivity contribution is 7.09. The van der Waals surface area contributed by atoms with E-state index in [9.17, 15) is 14.4 Å². The van der Waals surface area contributed by atoms with Crippen molar-refractivity contribution in [1.29, 1.82) is 0 Å². The van der Waals surface area contributed by atoms with Gasteiger partial charge in [-0.3, -0.25) is 9.59 Å². The van der Waals surface area contributed by atoms with Gasteiger partial charge in [0.05, 0.1) is 0 Å². The molecule has 0 atom stereocenters. The summed E-state index contributed by atoms with van der Waals surface area (Å²) in [5.74, 6) is -0.00301. The number of thiazole rings is 1. The summed E-state index contributed by atoms with van der Waals surface area (Å²) in [6.45, 7) is 1.15. The van der Waals surface area contributed by atoms with Gasteiger partial charge < -0.3 is 19.9 Å². The number of nitrogens with one attached hydrogen (secondary N) is 2. The lowest BCUT2D eigenvalue weighted by molar-refractivity contribution is -0.122.